The molecule has 4 heteroatoms. The van der Waals surface area contributed by atoms with E-state index >= 15 is 0 Å². The van der Waals surface area contributed by atoms with Gasteiger partial charge in [0, 0.05) is 25.2 Å². The number of unbranched alkanes of at least 4 members (excludes halogenated alkanes) is 1. The van der Waals surface area contributed by atoms with Crippen LogP contribution in [0.15, 0.2) is 0 Å². The van der Waals surface area contributed by atoms with E-state index < -0.39 is 0 Å². The third-order valence-electron chi connectivity index (χ3n) is 3.40. The van der Waals surface area contributed by atoms with Gasteiger partial charge in [-0.1, -0.05) is 19.8 Å². The minimum Gasteiger partial charge on any atom is -0.353 e. The summed E-state index contributed by atoms with van der Waals surface area (Å²) in [4.78, 5) is 14.0. The summed E-state index contributed by atoms with van der Waals surface area (Å²) in [5.74, 6) is 0.157. The summed E-state index contributed by atoms with van der Waals surface area (Å²) in [6, 6.07) is 0.632. The average Bonchev–Trinajstić information content (AvgIpc) is 2.29. The zero-order chi connectivity index (χ0) is 12.7. The minimum atomic E-state index is 0.157. The van der Waals surface area contributed by atoms with Gasteiger partial charge in [-0.2, -0.15) is 0 Å². The molecule has 0 aromatic carbocycles. The van der Waals surface area contributed by atoms with Gasteiger partial charge >= 0.3 is 0 Å². The van der Waals surface area contributed by atoms with Gasteiger partial charge in [0.25, 0.3) is 0 Å². The van der Waals surface area contributed by atoms with Gasteiger partial charge in [-0.25, -0.2) is 0 Å². The summed E-state index contributed by atoms with van der Waals surface area (Å²) in [5, 5.41) is 3.06. The molecule has 1 amide bonds. The molecule has 1 fully saturated rings. The fourth-order valence-electron chi connectivity index (χ4n) is 2.22. The Morgan fingerprint density at radius 2 is 2.12 bits per heavy atom. The molecule has 1 aliphatic heterocycles. The van der Waals surface area contributed by atoms with Crippen LogP contribution in [0.1, 0.15) is 46.0 Å². The molecule has 4 nitrogen and oxygen atoms in total. The molecule has 1 saturated heterocycles. The third-order valence-corrected chi connectivity index (χ3v) is 3.40. The average molecular weight is 241 g/mol. The van der Waals surface area contributed by atoms with Crippen LogP contribution in [-0.4, -0.2) is 42.5 Å². The van der Waals surface area contributed by atoms with Crippen molar-refractivity contribution in [2.75, 3.05) is 19.6 Å². The molecule has 0 aromatic rings. The predicted octanol–water partition coefficient (Wildman–Crippen LogP) is 1.10. The fraction of sp³-hybridized carbons (Fsp3) is 0.923. The Morgan fingerprint density at radius 3 is 2.71 bits per heavy atom. The maximum Gasteiger partial charge on any atom is 0.234 e. The van der Waals surface area contributed by atoms with Crippen molar-refractivity contribution in [1.82, 2.24) is 10.2 Å². The number of amides is 1. The Labute approximate surface area is 105 Å². The molecule has 1 heterocycles. The number of nitrogens with zero attached hydrogens (tertiary/aromatic N) is 1. The standard InChI is InChI=1S/C13H27N3O/c1-3-4-5-11(2)15-13(17)10-16-8-6-12(14)7-9-16/h11-12H,3-10,14H2,1-2H3,(H,15,17). The topological polar surface area (TPSA) is 58.4 Å². The number of hydrogen-bond acceptors (Lipinski definition) is 3. The highest BCUT2D eigenvalue weighted by atomic mass is 16.2. The molecule has 0 radical (unpaired) electrons. The highest BCUT2D eigenvalue weighted by Crippen LogP contribution is 2.07. The number of carbonyl (C=O) groups is 1. The van der Waals surface area contributed by atoms with Gasteiger partial charge in [0.05, 0.1) is 6.54 Å². The number of hydrogen-bond donors (Lipinski definition) is 2. The minimum absolute atomic E-state index is 0.157. The molecular formula is C13H27N3O. The Morgan fingerprint density at radius 1 is 1.47 bits per heavy atom. The van der Waals surface area contributed by atoms with Gasteiger partial charge < -0.3 is 11.1 Å². The highest BCUT2D eigenvalue weighted by molar-refractivity contribution is 5.78. The van der Waals surface area contributed by atoms with Gasteiger partial charge in [-0.05, 0) is 26.2 Å². The molecular weight excluding hydrogens is 214 g/mol. The first-order chi connectivity index (χ1) is 8.11. The van der Waals surface area contributed by atoms with E-state index in [1.807, 2.05) is 0 Å². The number of carbonyl (C=O) groups excluding carboxylic acids is 1. The molecule has 0 aromatic heterocycles. The van der Waals surface area contributed by atoms with Gasteiger partial charge in [0.2, 0.25) is 5.91 Å². The Bertz CT molecular complexity index is 225. The molecule has 0 saturated carbocycles. The van der Waals surface area contributed by atoms with Gasteiger partial charge in [-0.15, -0.1) is 0 Å². The molecule has 1 unspecified atom stereocenters. The van der Waals surface area contributed by atoms with E-state index in [0.717, 1.165) is 32.4 Å². The number of nitrogens with two attached hydrogens (primary N) is 1. The van der Waals surface area contributed by atoms with Gasteiger partial charge in [0.1, 0.15) is 0 Å². The SMILES string of the molecule is CCCCC(C)NC(=O)CN1CCC(N)CC1. The summed E-state index contributed by atoms with van der Waals surface area (Å²) in [6.07, 6.45) is 5.47. The van der Waals surface area contributed by atoms with E-state index in [-0.39, 0.29) is 5.91 Å². The molecule has 0 aliphatic carbocycles. The largest absolute Gasteiger partial charge is 0.353 e. The lowest BCUT2D eigenvalue weighted by molar-refractivity contribution is -0.123. The second-order valence-corrected chi connectivity index (χ2v) is 5.22. The summed E-state index contributed by atoms with van der Waals surface area (Å²) in [5.41, 5.74) is 5.84. The number of nitrogens with one attached hydrogen (secondary N) is 1. The van der Waals surface area contributed by atoms with E-state index in [1.165, 1.54) is 12.8 Å². The maximum absolute atomic E-state index is 11.8. The van der Waals surface area contributed by atoms with Crippen LogP contribution in [-0.2, 0) is 4.79 Å². The Hall–Kier alpha value is -0.610. The lowest BCUT2D eigenvalue weighted by atomic mass is 10.1. The summed E-state index contributed by atoms with van der Waals surface area (Å²) in [7, 11) is 0. The zero-order valence-electron chi connectivity index (χ0n) is 11.2. The van der Waals surface area contributed by atoms with Crippen LogP contribution in [0.3, 0.4) is 0 Å². The summed E-state index contributed by atoms with van der Waals surface area (Å²) >= 11 is 0. The van der Waals surface area contributed by atoms with E-state index in [4.69, 9.17) is 5.73 Å². The van der Waals surface area contributed by atoms with Crippen LogP contribution in [0.5, 0.6) is 0 Å². The van der Waals surface area contributed by atoms with Crippen LogP contribution in [0.25, 0.3) is 0 Å². The second-order valence-electron chi connectivity index (χ2n) is 5.22. The molecule has 0 bridgehead atoms. The molecule has 1 atom stereocenters. The quantitative estimate of drug-likeness (QED) is 0.732. The third kappa shape index (κ3) is 6.03. The van der Waals surface area contributed by atoms with E-state index in [1.54, 1.807) is 0 Å². The smallest absolute Gasteiger partial charge is 0.234 e. The van der Waals surface area contributed by atoms with Crippen molar-refractivity contribution in [3.05, 3.63) is 0 Å². The van der Waals surface area contributed by atoms with Crippen LogP contribution < -0.4 is 11.1 Å². The molecule has 1 aliphatic rings. The summed E-state index contributed by atoms with van der Waals surface area (Å²) < 4.78 is 0. The second kappa shape index (κ2) is 7.67. The first kappa shape index (κ1) is 14.5. The Kier molecular flexibility index (Phi) is 6.52. The van der Waals surface area contributed by atoms with Crippen LogP contribution in [0, 0.1) is 0 Å². The van der Waals surface area contributed by atoms with Crippen molar-refractivity contribution in [2.45, 2.75) is 58.0 Å². The monoisotopic (exact) mass is 241 g/mol. The fourth-order valence-corrected chi connectivity index (χ4v) is 2.22. The first-order valence-electron chi connectivity index (χ1n) is 6.89. The van der Waals surface area contributed by atoms with Crippen LogP contribution >= 0.6 is 0 Å². The van der Waals surface area contributed by atoms with Crippen molar-refractivity contribution in [2.24, 2.45) is 5.73 Å². The number of piperidine rings is 1. The maximum atomic E-state index is 11.8. The van der Waals surface area contributed by atoms with E-state index in [9.17, 15) is 4.79 Å². The normalized spacial score (nSPS) is 20.2. The predicted molar refractivity (Wildman–Crippen MR) is 70.8 cm³/mol. The van der Waals surface area contributed by atoms with E-state index in [0.29, 0.717) is 18.6 Å². The summed E-state index contributed by atoms with van der Waals surface area (Å²) in [6.45, 7) is 6.70. The number of rotatable bonds is 6. The zero-order valence-corrected chi connectivity index (χ0v) is 11.2. The van der Waals surface area contributed by atoms with Gasteiger partial charge in [0.15, 0.2) is 0 Å². The van der Waals surface area contributed by atoms with Crippen molar-refractivity contribution in [3.63, 3.8) is 0 Å². The van der Waals surface area contributed by atoms with Crippen molar-refractivity contribution >= 4 is 5.91 Å². The number of likely N-dealkylation sites (tertiary alicyclic amines) is 1. The van der Waals surface area contributed by atoms with Crippen molar-refractivity contribution in [1.29, 1.82) is 0 Å². The van der Waals surface area contributed by atoms with Crippen molar-refractivity contribution < 1.29 is 4.79 Å². The van der Waals surface area contributed by atoms with E-state index in [2.05, 4.69) is 24.1 Å². The molecule has 3 N–H and O–H groups in total. The highest BCUT2D eigenvalue weighted by Gasteiger charge is 2.18. The first-order valence-corrected chi connectivity index (χ1v) is 6.89. The van der Waals surface area contributed by atoms with Gasteiger partial charge in [-0.3, -0.25) is 9.69 Å². The lowest BCUT2D eigenvalue weighted by Gasteiger charge is -2.29. The molecule has 17 heavy (non-hydrogen) atoms. The molecule has 100 valence electrons. The van der Waals surface area contributed by atoms with Crippen molar-refractivity contribution in [3.8, 4) is 0 Å². The van der Waals surface area contributed by atoms with Crippen LogP contribution in [0.4, 0.5) is 0 Å². The Balaban J connectivity index is 2.16. The lowest BCUT2D eigenvalue weighted by Crippen LogP contribution is -2.46. The van der Waals surface area contributed by atoms with Crippen LogP contribution in [0.2, 0.25) is 0 Å². The molecule has 0 spiro atoms. The molecule has 1 rings (SSSR count).